The van der Waals surface area contributed by atoms with E-state index in [0.29, 0.717) is 6.42 Å². The molecule has 0 saturated heterocycles. The number of anilines is 1. The summed E-state index contributed by atoms with van der Waals surface area (Å²) in [6.07, 6.45) is 0.333. The van der Waals surface area contributed by atoms with Gasteiger partial charge < -0.3 is 10.1 Å². The summed E-state index contributed by atoms with van der Waals surface area (Å²) < 4.78 is 55.6. The highest BCUT2D eigenvalue weighted by molar-refractivity contribution is 7.88. The van der Waals surface area contributed by atoms with Crippen LogP contribution in [-0.4, -0.2) is 39.2 Å². The molecule has 2 N–H and O–H groups in total. The van der Waals surface area contributed by atoms with Crippen LogP contribution in [0.2, 0.25) is 0 Å². The number of carbonyl (C=O) groups excluding carboxylic acids is 2. The van der Waals surface area contributed by atoms with Gasteiger partial charge in [-0.3, -0.25) is 4.79 Å². The fraction of sp³-hybridized carbons (Fsp3) is 0.263. The topological polar surface area (TPSA) is 102 Å². The van der Waals surface area contributed by atoms with E-state index in [2.05, 4.69) is 10.0 Å². The number of hydrogen-bond donors (Lipinski definition) is 2. The van der Waals surface area contributed by atoms with E-state index in [1.54, 1.807) is 12.1 Å². The molecular weight excluding hydrogens is 406 g/mol. The van der Waals surface area contributed by atoms with Crippen molar-refractivity contribution < 1.29 is 31.5 Å². The van der Waals surface area contributed by atoms with Crippen LogP contribution in [0.5, 0.6) is 0 Å². The average molecular weight is 426 g/mol. The van der Waals surface area contributed by atoms with Gasteiger partial charge in [-0.25, -0.2) is 26.7 Å². The van der Waals surface area contributed by atoms with Crippen molar-refractivity contribution in [1.82, 2.24) is 4.72 Å². The van der Waals surface area contributed by atoms with Gasteiger partial charge in [-0.05, 0) is 43.2 Å². The van der Waals surface area contributed by atoms with E-state index in [0.717, 1.165) is 24.0 Å². The van der Waals surface area contributed by atoms with Crippen molar-refractivity contribution in [2.24, 2.45) is 0 Å². The number of esters is 1. The number of ether oxygens (including phenoxy) is 1. The van der Waals surface area contributed by atoms with E-state index in [9.17, 15) is 26.8 Å². The number of halogens is 2. The number of hydrogen-bond acceptors (Lipinski definition) is 5. The summed E-state index contributed by atoms with van der Waals surface area (Å²) >= 11 is 0. The molecule has 0 aliphatic rings. The molecule has 1 atom stereocenters. The molecule has 156 valence electrons. The molecule has 0 bridgehead atoms. The number of carbonyl (C=O) groups is 2. The molecular formula is C19H20F2N2O5S. The maximum Gasteiger partial charge on any atom is 0.338 e. The van der Waals surface area contributed by atoms with Gasteiger partial charge in [0.25, 0.3) is 5.91 Å². The van der Waals surface area contributed by atoms with Crippen LogP contribution >= 0.6 is 0 Å². The molecule has 1 amide bonds. The van der Waals surface area contributed by atoms with E-state index in [4.69, 9.17) is 4.74 Å². The second-order valence-corrected chi connectivity index (χ2v) is 8.11. The van der Waals surface area contributed by atoms with Crippen LogP contribution < -0.4 is 10.0 Å². The Kier molecular flexibility index (Phi) is 7.40. The quantitative estimate of drug-likeness (QED) is 0.631. The minimum absolute atomic E-state index is 0.0313. The zero-order valence-corrected chi connectivity index (χ0v) is 16.6. The van der Waals surface area contributed by atoms with Gasteiger partial charge in [0.05, 0.1) is 11.8 Å². The number of sulfonamides is 1. The smallest absolute Gasteiger partial charge is 0.338 e. The molecule has 2 aromatic carbocycles. The molecule has 0 saturated carbocycles. The van der Waals surface area contributed by atoms with Gasteiger partial charge in [-0.1, -0.05) is 12.1 Å². The van der Waals surface area contributed by atoms with Crippen LogP contribution in [0.25, 0.3) is 0 Å². The van der Waals surface area contributed by atoms with Crippen molar-refractivity contribution in [2.75, 3.05) is 18.1 Å². The number of rotatable bonds is 8. The molecule has 2 aromatic rings. The molecule has 0 fully saturated rings. The maximum atomic E-state index is 13.2. The molecule has 0 spiro atoms. The highest BCUT2D eigenvalue weighted by Crippen LogP contribution is 2.14. The first kappa shape index (κ1) is 22.4. The Labute approximate surface area is 167 Å². The lowest BCUT2D eigenvalue weighted by atomic mass is 10.1. The first-order chi connectivity index (χ1) is 13.5. The SMILES string of the molecule is C[C@H](OC(=O)c1ccc(CCNS(C)(=O)=O)cc1)C(=O)Nc1ccc(F)c(F)c1. The van der Waals surface area contributed by atoms with Crippen LogP contribution in [-0.2, 0) is 26.0 Å². The Bertz CT molecular complexity index is 994. The summed E-state index contributed by atoms with van der Waals surface area (Å²) in [5, 5.41) is 2.33. The van der Waals surface area contributed by atoms with Crippen LogP contribution in [0.1, 0.15) is 22.8 Å². The molecule has 0 radical (unpaired) electrons. The second kappa shape index (κ2) is 9.57. The average Bonchev–Trinajstić information content (AvgIpc) is 2.64. The predicted molar refractivity (Wildman–Crippen MR) is 103 cm³/mol. The molecule has 29 heavy (non-hydrogen) atoms. The van der Waals surface area contributed by atoms with Crippen molar-refractivity contribution in [2.45, 2.75) is 19.4 Å². The first-order valence-electron chi connectivity index (χ1n) is 8.55. The van der Waals surface area contributed by atoms with Gasteiger partial charge in [0.2, 0.25) is 10.0 Å². The number of amides is 1. The minimum atomic E-state index is -3.27. The van der Waals surface area contributed by atoms with Crippen LogP contribution in [0, 0.1) is 11.6 Å². The first-order valence-corrected chi connectivity index (χ1v) is 10.4. The third kappa shape index (κ3) is 7.24. The van der Waals surface area contributed by atoms with Crippen molar-refractivity contribution in [1.29, 1.82) is 0 Å². The van der Waals surface area contributed by atoms with Gasteiger partial charge in [-0.15, -0.1) is 0 Å². The van der Waals surface area contributed by atoms with Crippen LogP contribution in [0.3, 0.4) is 0 Å². The molecule has 0 aliphatic carbocycles. The van der Waals surface area contributed by atoms with Gasteiger partial charge in [0, 0.05) is 18.3 Å². The second-order valence-electron chi connectivity index (χ2n) is 6.28. The molecule has 2 rings (SSSR count). The summed E-state index contributed by atoms with van der Waals surface area (Å²) in [6, 6.07) is 9.16. The monoisotopic (exact) mass is 426 g/mol. The van der Waals surface area contributed by atoms with Gasteiger partial charge in [0.15, 0.2) is 17.7 Å². The van der Waals surface area contributed by atoms with Crippen LogP contribution in [0.15, 0.2) is 42.5 Å². The standard InChI is InChI=1S/C19H20F2N2O5S/c1-12(18(24)23-15-7-8-16(20)17(21)11-15)28-19(25)14-5-3-13(4-6-14)9-10-22-29(2,26)27/h3-8,11-12,22H,9-10H2,1-2H3,(H,23,24)/t12-/m0/s1. The van der Waals surface area contributed by atoms with Crippen molar-refractivity contribution in [3.63, 3.8) is 0 Å². The summed E-state index contributed by atoms with van der Waals surface area (Å²) in [5.74, 6) is -3.59. The summed E-state index contributed by atoms with van der Waals surface area (Å²) in [7, 11) is -3.27. The van der Waals surface area contributed by atoms with Crippen molar-refractivity contribution in [3.8, 4) is 0 Å². The van der Waals surface area contributed by atoms with Crippen LogP contribution in [0.4, 0.5) is 14.5 Å². The van der Waals surface area contributed by atoms with Crippen molar-refractivity contribution >= 4 is 27.6 Å². The fourth-order valence-electron chi connectivity index (χ4n) is 2.29. The largest absolute Gasteiger partial charge is 0.449 e. The zero-order valence-electron chi connectivity index (χ0n) is 15.7. The molecule has 0 aromatic heterocycles. The zero-order chi connectivity index (χ0) is 21.6. The molecule has 10 heteroatoms. The van der Waals surface area contributed by atoms with Gasteiger partial charge in [0.1, 0.15) is 0 Å². The van der Waals surface area contributed by atoms with Gasteiger partial charge >= 0.3 is 5.97 Å². The van der Waals surface area contributed by atoms with Crippen molar-refractivity contribution in [3.05, 3.63) is 65.2 Å². The Hall–Kier alpha value is -2.85. The van der Waals surface area contributed by atoms with E-state index >= 15 is 0 Å². The number of benzene rings is 2. The van der Waals surface area contributed by atoms with E-state index in [1.165, 1.54) is 25.1 Å². The molecule has 0 heterocycles. The predicted octanol–water partition coefficient (Wildman–Crippen LogP) is 2.24. The third-order valence-corrected chi connectivity index (χ3v) is 4.54. The van der Waals surface area contributed by atoms with E-state index in [-0.39, 0.29) is 17.8 Å². The normalized spacial score (nSPS) is 12.3. The highest BCUT2D eigenvalue weighted by Gasteiger charge is 2.19. The Balaban J connectivity index is 1.89. The third-order valence-electron chi connectivity index (χ3n) is 3.81. The minimum Gasteiger partial charge on any atom is -0.449 e. The summed E-state index contributed by atoms with van der Waals surface area (Å²) in [5.41, 5.74) is 1.04. The van der Waals surface area contributed by atoms with Gasteiger partial charge in [-0.2, -0.15) is 0 Å². The Morgan fingerprint density at radius 1 is 1.07 bits per heavy atom. The Morgan fingerprint density at radius 3 is 2.31 bits per heavy atom. The fourth-order valence-corrected chi connectivity index (χ4v) is 2.76. The van der Waals surface area contributed by atoms with E-state index < -0.39 is 39.6 Å². The Morgan fingerprint density at radius 2 is 1.72 bits per heavy atom. The lowest BCUT2D eigenvalue weighted by Gasteiger charge is -2.14. The molecule has 0 unspecified atom stereocenters. The summed E-state index contributed by atoms with van der Waals surface area (Å²) in [6.45, 7) is 1.57. The summed E-state index contributed by atoms with van der Waals surface area (Å²) in [4.78, 5) is 24.2. The molecule has 7 nitrogen and oxygen atoms in total. The lowest BCUT2D eigenvalue weighted by molar-refractivity contribution is -0.123. The number of nitrogens with one attached hydrogen (secondary N) is 2. The highest BCUT2D eigenvalue weighted by atomic mass is 32.2. The maximum absolute atomic E-state index is 13.2. The molecule has 0 aliphatic heterocycles. The van der Waals surface area contributed by atoms with E-state index in [1.807, 2.05) is 0 Å². The lowest BCUT2D eigenvalue weighted by Crippen LogP contribution is -2.30.